The summed E-state index contributed by atoms with van der Waals surface area (Å²) in [5.41, 5.74) is 4.66. The van der Waals surface area contributed by atoms with E-state index in [9.17, 15) is 5.11 Å². The lowest BCUT2D eigenvalue weighted by molar-refractivity contribution is 0.306. The molecule has 3 aromatic carbocycles. The van der Waals surface area contributed by atoms with E-state index in [0.29, 0.717) is 21.6 Å². The zero-order chi connectivity index (χ0) is 21.9. The normalized spacial score (nSPS) is 13.3. The van der Waals surface area contributed by atoms with Crippen LogP contribution in [0.1, 0.15) is 16.0 Å². The van der Waals surface area contributed by atoms with Gasteiger partial charge in [0.15, 0.2) is 5.13 Å². The lowest BCUT2D eigenvalue weighted by Crippen LogP contribution is -1.95. The standard InChI is InChI=1S/C25H18ClN3O2S/c26-18-6-8-19(9-7-18)28-25-29-24(30)23(32-25)12-17-14-27-22-11-10-20(13-21(17)22)31-15-16-4-2-1-3-5-16/h1-14,30H,15H2,(H,28,29). The summed E-state index contributed by atoms with van der Waals surface area (Å²) in [4.78, 5) is 9.34. The predicted molar refractivity (Wildman–Crippen MR) is 132 cm³/mol. The molecular weight excluding hydrogens is 442 g/mol. The van der Waals surface area contributed by atoms with E-state index < -0.39 is 0 Å². The van der Waals surface area contributed by atoms with Gasteiger partial charge in [-0.15, -0.1) is 0 Å². The Kier molecular flexibility index (Phi) is 5.62. The van der Waals surface area contributed by atoms with Crippen LogP contribution in [0.25, 0.3) is 11.6 Å². The third kappa shape index (κ3) is 4.51. The Labute approximate surface area is 194 Å². The van der Waals surface area contributed by atoms with Crippen LogP contribution < -0.4 is 10.1 Å². The fourth-order valence-electron chi connectivity index (χ4n) is 3.28. The van der Waals surface area contributed by atoms with Crippen molar-refractivity contribution in [3.63, 3.8) is 0 Å². The second-order valence-corrected chi connectivity index (χ2v) is 8.62. The topological polar surface area (TPSA) is 66.7 Å². The molecule has 0 amide bonds. The number of aromatic nitrogens is 1. The van der Waals surface area contributed by atoms with E-state index in [-0.39, 0.29) is 5.88 Å². The fourth-order valence-corrected chi connectivity index (χ4v) is 4.24. The highest BCUT2D eigenvalue weighted by molar-refractivity contribution is 7.16. The third-order valence-corrected chi connectivity index (χ3v) is 6.05. The van der Waals surface area contributed by atoms with Gasteiger partial charge < -0.3 is 15.2 Å². The van der Waals surface area contributed by atoms with E-state index in [1.54, 1.807) is 18.3 Å². The Morgan fingerprint density at radius 2 is 1.84 bits per heavy atom. The molecular formula is C25H18ClN3O2S. The maximum atomic E-state index is 10.4. The van der Waals surface area contributed by atoms with Gasteiger partial charge in [0.1, 0.15) is 12.4 Å². The van der Waals surface area contributed by atoms with E-state index in [4.69, 9.17) is 16.3 Å². The van der Waals surface area contributed by atoms with Gasteiger partial charge in [0.2, 0.25) is 5.88 Å². The first-order chi connectivity index (χ1) is 15.6. The van der Waals surface area contributed by atoms with Gasteiger partial charge in [-0.1, -0.05) is 53.3 Å². The third-order valence-electron chi connectivity index (χ3n) is 4.89. The van der Waals surface area contributed by atoms with Crippen molar-refractivity contribution in [1.82, 2.24) is 4.98 Å². The molecule has 0 atom stereocenters. The van der Waals surface area contributed by atoms with Crippen LogP contribution in [0, 0.1) is 0 Å². The van der Waals surface area contributed by atoms with Gasteiger partial charge in [-0.2, -0.15) is 4.98 Å². The van der Waals surface area contributed by atoms with Crippen LogP contribution in [0.3, 0.4) is 0 Å². The molecule has 0 bridgehead atoms. The molecule has 2 heterocycles. The van der Waals surface area contributed by atoms with E-state index in [1.165, 1.54) is 11.3 Å². The minimum atomic E-state index is -0.0303. The van der Waals surface area contributed by atoms with Crippen LogP contribution in [-0.4, -0.2) is 16.3 Å². The highest BCUT2D eigenvalue weighted by atomic mass is 35.5. The quantitative estimate of drug-likeness (QED) is 0.323. The number of benzene rings is 3. The lowest BCUT2D eigenvalue weighted by atomic mass is 10.1. The minimum Gasteiger partial charge on any atom is -0.492 e. The number of hydrogen-bond donors (Lipinski definition) is 2. The molecule has 0 aliphatic carbocycles. The molecule has 5 rings (SSSR count). The monoisotopic (exact) mass is 459 g/mol. The average Bonchev–Trinajstić information content (AvgIpc) is 3.37. The number of aromatic hydroxyl groups is 1. The maximum absolute atomic E-state index is 10.4. The number of nitrogens with one attached hydrogen (secondary N) is 1. The molecule has 1 aliphatic rings. The second kappa shape index (κ2) is 8.86. The summed E-state index contributed by atoms with van der Waals surface area (Å²) in [6.45, 7) is 0.495. The van der Waals surface area contributed by atoms with E-state index in [2.05, 4.69) is 15.3 Å². The van der Waals surface area contributed by atoms with Gasteiger partial charge in [-0.05, 0) is 54.1 Å². The van der Waals surface area contributed by atoms with Crippen molar-refractivity contribution in [1.29, 1.82) is 0 Å². The molecule has 0 spiro atoms. The summed E-state index contributed by atoms with van der Waals surface area (Å²) in [5, 5.41) is 14.8. The van der Waals surface area contributed by atoms with Crippen molar-refractivity contribution < 1.29 is 9.84 Å². The number of halogens is 1. The average molecular weight is 460 g/mol. The molecule has 1 aromatic heterocycles. The van der Waals surface area contributed by atoms with Crippen LogP contribution >= 0.6 is 22.9 Å². The first-order valence-corrected chi connectivity index (χ1v) is 11.1. The first kappa shape index (κ1) is 20.3. The van der Waals surface area contributed by atoms with Gasteiger partial charge >= 0.3 is 0 Å². The number of anilines is 2. The van der Waals surface area contributed by atoms with Crippen molar-refractivity contribution in [2.75, 3.05) is 5.32 Å². The number of fused-ring (bicyclic) bond motifs is 1. The highest BCUT2D eigenvalue weighted by Crippen LogP contribution is 2.38. The molecule has 0 unspecified atom stereocenters. The smallest absolute Gasteiger partial charge is 0.231 e. The first-order valence-electron chi connectivity index (χ1n) is 9.93. The second-order valence-electron chi connectivity index (χ2n) is 7.15. The van der Waals surface area contributed by atoms with Gasteiger partial charge in [-0.25, -0.2) is 0 Å². The summed E-state index contributed by atoms with van der Waals surface area (Å²) in [6.07, 6.45) is 3.67. The minimum absolute atomic E-state index is 0.0303. The SMILES string of the molecule is Oc1nc(Nc2ccc(Cl)cc2)sc1C=C1C=Nc2ccc(OCc3ccccc3)cc21. The summed E-state index contributed by atoms with van der Waals surface area (Å²) in [6, 6.07) is 23.2. The molecule has 7 heteroatoms. The highest BCUT2D eigenvalue weighted by Gasteiger charge is 2.16. The number of thiazole rings is 1. The molecule has 4 aromatic rings. The molecule has 0 radical (unpaired) electrons. The number of nitrogens with zero attached hydrogens (tertiary/aromatic N) is 2. The van der Waals surface area contributed by atoms with Gasteiger partial charge in [0.05, 0.1) is 10.6 Å². The number of allylic oxidation sites excluding steroid dienone is 1. The van der Waals surface area contributed by atoms with Crippen molar-refractivity contribution in [2.24, 2.45) is 4.99 Å². The van der Waals surface area contributed by atoms with Gasteiger partial charge in [0.25, 0.3) is 0 Å². The zero-order valence-corrected chi connectivity index (χ0v) is 18.4. The van der Waals surface area contributed by atoms with Crippen LogP contribution in [-0.2, 0) is 6.61 Å². The van der Waals surface area contributed by atoms with Crippen molar-refractivity contribution in [3.05, 3.63) is 93.8 Å². The van der Waals surface area contributed by atoms with Crippen molar-refractivity contribution in [2.45, 2.75) is 6.61 Å². The summed E-state index contributed by atoms with van der Waals surface area (Å²) in [5.74, 6) is 0.736. The largest absolute Gasteiger partial charge is 0.492 e. The molecule has 1 aliphatic heterocycles. The Morgan fingerprint density at radius 1 is 1.03 bits per heavy atom. The van der Waals surface area contributed by atoms with Gasteiger partial charge in [0, 0.05) is 28.1 Å². The zero-order valence-electron chi connectivity index (χ0n) is 16.8. The van der Waals surface area contributed by atoms with E-state index in [1.807, 2.05) is 66.7 Å². The Bertz CT molecular complexity index is 1320. The summed E-state index contributed by atoms with van der Waals surface area (Å²) < 4.78 is 5.96. The van der Waals surface area contributed by atoms with Crippen LogP contribution in [0.5, 0.6) is 11.6 Å². The number of rotatable bonds is 6. The van der Waals surface area contributed by atoms with Crippen LogP contribution in [0.2, 0.25) is 5.02 Å². The number of hydrogen-bond acceptors (Lipinski definition) is 6. The molecule has 0 saturated carbocycles. The Hall–Kier alpha value is -3.61. The molecule has 2 N–H and O–H groups in total. The Morgan fingerprint density at radius 3 is 2.66 bits per heavy atom. The number of ether oxygens (including phenoxy) is 1. The summed E-state index contributed by atoms with van der Waals surface area (Å²) in [7, 11) is 0. The molecule has 32 heavy (non-hydrogen) atoms. The molecule has 0 saturated heterocycles. The van der Waals surface area contributed by atoms with E-state index in [0.717, 1.165) is 33.8 Å². The van der Waals surface area contributed by atoms with Crippen molar-refractivity contribution >= 4 is 57.3 Å². The van der Waals surface area contributed by atoms with Crippen molar-refractivity contribution in [3.8, 4) is 11.6 Å². The summed E-state index contributed by atoms with van der Waals surface area (Å²) >= 11 is 7.29. The van der Waals surface area contributed by atoms with Gasteiger partial charge in [-0.3, -0.25) is 4.99 Å². The number of aliphatic imine (C=N–C) groups is 1. The van der Waals surface area contributed by atoms with Crippen LogP contribution in [0.4, 0.5) is 16.5 Å². The lowest BCUT2D eigenvalue weighted by Gasteiger charge is -2.08. The molecule has 0 fully saturated rings. The molecule has 158 valence electrons. The molecule has 5 nitrogen and oxygen atoms in total. The fraction of sp³-hybridized carbons (Fsp3) is 0.0400. The maximum Gasteiger partial charge on any atom is 0.231 e. The predicted octanol–water partition coefficient (Wildman–Crippen LogP) is 7.08. The Balaban J connectivity index is 1.35. The van der Waals surface area contributed by atoms with Crippen LogP contribution in [0.15, 0.2) is 77.8 Å². The van der Waals surface area contributed by atoms with E-state index >= 15 is 0 Å².